The van der Waals surface area contributed by atoms with Gasteiger partial charge in [-0.25, -0.2) is 17.8 Å². The van der Waals surface area contributed by atoms with Gasteiger partial charge in [0.1, 0.15) is 28.0 Å². The molecule has 0 radical (unpaired) electrons. The summed E-state index contributed by atoms with van der Waals surface area (Å²) in [6, 6.07) is 13.1. The smallest absolute Gasteiger partial charge is 0.322 e. The fraction of sp³-hybridized carbons (Fsp3) is 0.167. The lowest BCUT2D eigenvalue weighted by molar-refractivity contribution is -0.140. The van der Waals surface area contributed by atoms with Crippen molar-refractivity contribution >= 4 is 59.5 Å². The molecule has 2 N–H and O–H groups in total. The molecule has 7 nitrogen and oxygen atoms in total. The van der Waals surface area contributed by atoms with E-state index in [1.54, 1.807) is 26.0 Å². The van der Waals surface area contributed by atoms with Gasteiger partial charge in [-0.3, -0.25) is 4.79 Å². The maximum Gasteiger partial charge on any atom is 0.322 e. The zero-order valence-corrected chi connectivity index (χ0v) is 19.7. The number of aliphatic carboxylic acids is 1. The van der Waals surface area contributed by atoms with Crippen LogP contribution >= 0.6 is 11.3 Å². The lowest BCUT2D eigenvalue weighted by Gasteiger charge is -2.17. The SMILES string of the molecule is CC(C)[C@@H](NS(=O)(=O)c1ccc2oc3cc(-c4nc5ccc(F)cc5s4)ccc3c2c1)C(=O)O. The summed E-state index contributed by atoms with van der Waals surface area (Å²) in [5.41, 5.74) is 2.54. The molecular formula is C24H19FN2O5S2. The number of carboxylic acids is 1. The van der Waals surface area contributed by atoms with Crippen molar-refractivity contribution < 1.29 is 27.1 Å². The Labute approximate surface area is 197 Å². The van der Waals surface area contributed by atoms with E-state index >= 15 is 0 Å². The van der Waals surface area contributed by atoms with Gasteiger partial charge in [-0.1, -0.05) is 19.9 Å². The molecule has 5 aromatic rings. The zero-order valence-electron chi connectivity index (χ0n) is 18.1. The van der Waals surface area contributed by atoms with E-state index in [-0.39, 0.29) is 10.7 Å². The first-order valence-corrected chi connectivity index (χ1v) is 12.7. The molecule has 0 spiro atoms. The summed E-state index contributed by atoms with van der Waals surface area (Å²) in [6.07, 6.45) is 0. The molecule has 5 rings (SSSR count). The third kappa shape index (κ3) is 3.93. The van der Waals surface area contributed by atoms with Crippen LogP contribution in [0, 0.1) is 11.7 Å². The van der Waals surface area contributed by atoms with Crippen molar-refractivity contribution in [1.29, 1.82) is 0 Å². The van der Waals surface area contributed by atoms with Crippen molar-refractivity contribution in [2.24, 2.45) is 5.92 Å². The number of carbonyl (C=O) groups is 1. The van der Waals surface area contributed by atoms with Crippen LogP contribution in [0.3, 0.4) is 0 Å². The summed E-state index contributed by atoms with van der Waals surface area (Å²) in [6.45, 7) is 3.27. The maximum atomic E-state index is 13.5. The van der Waals surface area contributed by atoms with Crippen LogP contribution in [0.4, 0.5) is 4.39 Å². The van der Waals surface area contributed by atoms with Gasteiger partial charge in [0.25, 0.3) is 0 Å². The summed E-state index contributed by atoms with van der Waals surface area (Å²) in [7, 11) is -4.07. The highest BCUT2D eigenvalue weighted by atomic mass is 32.2. The van der Waals surface area contributed by atoms with Gasteiger partial charge >= 0.3 is 5.97 Å². The number of aromatic nitrogens is 1. The van der Waals surface area contributed by atoms with E-state index < -0.39 is 28.0 Å². The van der Waals surface area contributed by atoms with Gasteiger partial charge in [-0.2, -0.15) is 4.72 Å². The van der Waals surface area contributed by atoms with Crippen molar-refractivity contribution in [2.45, 2.75) is 24.8 Å². The van der Waals surface area contributed by atoms with Crippen LogP contribution in [0.2, 0.25) is 0 Å². The Kier molecular flexibility index (Phi) is 5.38. The predicted molar refractivity (Wildman–Crippen MR) is 129 cm³/mol. The largest absolute Gasteiger partial charge is 0.480 e. The monoisotopic (exact) mass is 498 g/mol. The lowest BCUT2D eigenvalue weighted by Crippen LogP contribution is -2.44. The Morgan fingerprint density at radius 3 is 2.59 bits per heavy atom. The third-order valence-corrected chi connectivity index (χ3v) is 8.07. The number of nitrogens with one attached hydrogen (secondary N) is 1. The van der Waals surface area contributed by atoms with Gasteiger partial charge in [-0.15, -0.1) is 11.3 Å². The summed E-state index contributed by atoms with van der Waals surface area (Å²) >= 11 is 1.37. The topological polar surface area (TPSA) is 110 Å². The summed E-state index contributed by atoms with van der Waals surface area (Å²) in [4.78, 5) is 16.0. The van der Waals surface area contributed by atoms with Crippen LogP contribution in [-0.2, 0) is 14.8 Å². The second kappa shape index (κ2) is 8.15. The van der Waals surface area contributed by atoms with Gasteiger partial charge in [0.2, 0.25) is 10.0 Å². The van der Waals surface area contributed by atoms with Gasteiger partial charge in [0.15, 0.2) is 0 Å². The number of hydrogen-bond donors (Lipinski definition) is 2. The standard InChI is InChI=1S/C24H19FN2O5S2/c1-12(2)22(24(28)29)27-34(30,31)15-5-8-19-17(11-15)16-6-3-13(9-20(16)32-19)23-26-18-7-4-14(25)10-21(18)33-23/h3-12,22,27H,1-2H3,(H,28,29)/t22-/m1/s1. The Balaban J connectivity index is 1.55. The van der Waals surface area contributed by atoms with Gasteiger partial charge in [0.05, 0.1) is 15.1 Å². The van der Waals surface area contributed by atoms with Crippen LogP contribution in [0.5, 0.6) is 0 Å². The first kappa shape index (κ1) is 22.5. The van der Waals surface area contributed by atoms with E-state index in [1.807, 2.05) is 18.2 Å². The number of fused-ring (bicyclic) bond motifs is 4. The van der Waals surface area contributed by atoms with Gasteiger partial charge in [0, 0.05) is 16.3 Å². The first-order chi connectivity index (χ1) is 16.1. The fourth-order valence-corrected chi connectivity index (χ4v) is 6.14. The van der Waals surface area contributed by atoms with Crippen molar-refractivity contribution in [3.05, 3.63) is 60.4 Å². The Morgan fingerprint density at radius 1 is 1.06 bits per heavy atom. The minimum absolute atomic E-state index is 0.0492. The van der Waals surface area contributed by atoms with E-state index in [0.717, 1.165) is 10.3 Å². The van der Waals surface area contributed by atoms with Crippen LogP contribution in [0.1, 0.15) is 13.8 Å². The zero-order chi connectivity index (χ0) is 24.2. The van der Waals surface area contributed by atoms with Crippen molar-refractivity contribution in [3.63, 3.8) is 0 Å². The molecule has 3 aromatic carbocycles. The van der Waals surface area contributed by atoms with E-state index in [1.165, 1.54) is 35.6 Å². The van der Waals surface area contributed by atoms with Crippen LogP contribution < -0.4 is 4.72 Å². The molecule has 0 fully saturated rings. The average molecular weight is 499 g/mol. The average Bonchev–Trinajstić information content (AvgIpc) is 3.36. The van der Waals surface area contributed by atoms with E-state index in [4.69, 9.17) is 4.42 Å². The second-order valence-electron chi connectivity index (χ2n) is 8.28. The minimum Gasteiger partial charge on any atom is -0.480 e. The number of furan rings is 1. The lowest BCUT2D eigenvalue weighted by atomic mass is 10.1. The summed E-state index contributed by atoms with van der Waals surface area (Å²) in [5.74, 6) is -1.99. The van der Waals surface area contributed by atoms with E-state index in [2.05, 4.69) is 9.71 Å². The minimum atomic E-state index is -4.07. The summed E-state index contributed by atoms with van der Waals surface area (Å²) < 4.78 is 48.2. The highest BCUT2D eigenvalue weighted by molar-refractivity contribution is 7.89. The molecule has 10 heteroatoms. The number of benzene rings is 3. The molecule has 0 unspecified atom stereocenters. The van der Waals surface area contributed by atoms with Crippen molar-refractivity contribution in [3.8, 4) is 10.6 Å². The van der Waals surface area contributed by atoms with Crippen molar-refractivity contribution in [2.75, 3.05) is 0 Å². The van der Waals surface area contributed by atoms with Crippen LogP contribution in [0.15, 0.2) is 63.9 Å². The number of halogens is 1. The predicted octanol–water partition coefficient (Wildman–Crippen LogP) is 5.39. The Bertz CT molecular complexity index is 1690. The highest BCUT2D eigenvalue weighted by Gasteiger charge is 2.28. The third-order valence-electron chi connectivity index (χ3n) is 5.57. The molecule has 2 aromatic heterocycles. The Hall–Kier alpha value is -3.34. The van der Waals surface area contributed by atoms with Crippen molar-refractivity contribution in [1.82, 2.24) is 9.71 Å². The molecule has 0 bridgehead atoms. The normalized spacial score (nSPS) is 13.3. The van der Waals surface area contributed by atoms with Gasteiger partial charge < -0.3 is 9.52 Å². The summed E-state index contributed by atoms with van der Waals surface area (Å²) in [5, 5.41) is 11.4. The second-order valence-corrected chi connectivity index (χ2v) is 11.0. The van der Waals surface area contributed by atoms with Crippen LogP contribution in [0.25, 0.3) is 42.7 Å². The number of rotatable bonds is 6. The molecule has 0 aliphatic carbocycles. The van der Waals surface area contributed by atoms with E-state index in [9.17, 15) is 22.7 Å². The molecule has 0 saturated heterocycles. The molecule has 0 aliphatic heterocycles. The molecule has 174 valence electrons. The fourth-order valence-electron chi connectivity index (χ4n) is 3.79. The van der Waals surface area contributed by atoms with Crippen LogP contribution in [-0.4, -0.2) is 30.5 Å². The number of carboxylic acid groups (broad SMARTS) is 1. The number of sulfonamides is 1. The first-order valence-electron chi connectivity index (χ1n) is 10.4. The number of hydrogen-bond acceptors (Lipinski definition) is 6. The van der Waals surface area contributed by atoms with Gasteiger partial charge in [-0.05, 0) is 54.4 Å². The maximum absolute atomic E-state index is 13.5. The molecule has 0 aliphatic rings. The van der Waals surface area contributed by atoms with E-state index in [0.29, 0.717) is 32.5 Å². The molecule has 34 heavy (non-hydrogen) atoms. The molecule has 0 saturated carbocycles. The highest BCUT2D eigenvalue weighted by Crippen LogP contribution is 2.36. The number of thiazole rings is 1. The molecular weight excluding hydrogens is 479 g/mol. The molecule has 1 atom stereocenters. The molecule has 0 amide bonds. The molecule has 2 heterocycles. The number of nitrogens with zero attached hydrogens (tertiary/aromatic N) is 1. The quantitative estimate of drug-likeness (QED) is 0.325. The Morgan fingerprint density at radius 2 is 1.85 bits per heavy atom.